The predicted molar refractivity (Wildman–Crippen MR) is 68.1 cm³/mol. The average molecular weight is 221 g/mol. The minimum atomic E-state index is -0.290. The third kappa shape index (κ3) is 4.65. The highest BCUT2D eigenvalue weighted by Crippen LogP contribution is 2.18. The van der Waals surface area contributed by atoms with Crippen LogP contribution in [0, 0.1) is 11.3 Å². The van der Waals surface area contributed by atoms with E-state index in [1.54, 1.807) is 0 Å². The van der Waals surface area contributed by atoms with E-state index in [-0.39, 0.29) is 11.3 Å². The molecule has 0 aromatic rings. The number of hydrogen-bond donors (Lipinski definition) is 1. The van der Waals surface area contributed by atoms with Crippen molar-refractivity contribution in [2.24, 2.45) is 11.3 Å². The molecule has 1 amide bonds. The van der Waals surface area contributed by atoms with E-state index in [4.69, 9.17) is 0 Å². The summed E-state index contributed by atoms with van der Waals surface area (Å²) in [5.41, 5.74) is -0.290. The Labute approximate surface area is 98.8 Å². The summed E-state index contributed by atoms with van der Waals surface area (Å²) in [4.78, 5) is 11.6. The van der Waals surface area contributed by atoms with Gasteiger partial charge in [-0.15, -0.1) is 0 Å². The van der Waals surface area contributed by atoms with Gasteiger partial charge in [-0.2, -0.15) is 0 Å². The molecule has 1 rings (SSSR count). The van der Waals surface area contributed by atoms with Crippen LogP contribution in [0.4, 0.5) is 0 Å². The van der Waals surface area contributed by atoms with E-state index >= 15 is 0 Å². The molecule has 0 fully saturated rings. The third-order valence-electron chi connectivity index (χ3n) is 2.78. The fourth-order valence-corrected chi connectivity index (χ4v) is 1.67. The molecule has 0 saturated carbocycles. The summed E-state index contributed by atoms with van der Waals surface area (Å²) in [6, 6.07) is 0. The molecule has 0 aliphatic heterocycles. The second kappa shape index (κ2) is 5.88. The molecule has 0 aromatic heterocycles. The Morgan fingerprint density at radius 1 is 1.44 bits per heavy atom. The van der Waals surface area contributed by atoms with Crippen LogP contribution < -0.4 is 5.32 Å². The Balaban J connectivity index is 2.22. The Morgan fingerprint density at radius 2 is 2.19 bits per heavy atom. The monoisotopic (exact) mass is 221 g/mol. The van der Waals surface area contributed by atoms with Gasteiger partial charge in [0.05, 0.1) is 0 Å². The summed E-state index contributed by atoms with van der Waals surface area (Å²) in [5, 5.41) is 2.92. The first-order valence-corrected chi connectivity index (χ1v) is 6.10. The van der Waals surface area contributed by atoms with Gasteiger partial charge in [0.15, 0.2) is 0 Å². The van der Waals surface area contributed by atoms with Crippen LogP contribution in [0.3, 0.4) is 0 Å². The highest BCUT2D eigenvalue weighted by Gasteiger charge is 2.19. The lowest BCUT2D eigenvalue weighted by atomic mass is 9.94. The fourth-order valence-electron chi connectivity index (χ4n) is 1.67. The molecular weight excluding hydrogens is 198 g/mol. The SMILES string of the molecule is CC(C)(C)C(=O)NC/C=C/C1CC=CCC1. The highest BCUT2D eigenvalue weighted by molar-refractivity contribution is 5.81. The lowest BCUT2D eigenvalue weighted by Gasteiger charge is -2.17. The van der Waals surface area contributed by atoms with Crippen LogP contribution >= 0.6 is 0 Å². The van der Waals surface area contributed by atoms with E-state index in [0.717, 1.165) is 6.42 Å². The van der Waals surface area contributed by atoms with Gasteiger partial charge in [-0.05, 0) is 25.2 Å². The van der Waals surface area contributed by atoms with Crippen molar-refractivity contribution in [2.75, 3.05) is 6.54 Å². The number of rotatable bonds is 3. The molecule has 0 aromatic carbocycles. The highest BCUT2D eigenvalue weighted by atomic mass is 16.2. The van der Waals surface area contributed by atoms with E-state index < -0.39 is 0 Å². The predicted octanol–water partition coefficient (Wildman–Crippen LogP) is 3.06. The Kier molecular flexibility index (Phi) is 4.78. The van der Waals surface area contributed by atoms with Crippen molar-refractivity contribution in [3.05, 3.63) is 24.3 Å². The lowest BCUT2D eigenvalue weighted by Crippen LogP contribution is -2.34. The molecule has 0 saturated heterocycles. The second-order valence-electron chi connectivity index (χ2n) is 5.43. The topological polar surface area (TPSA) is 29.1 Å². The summed E-state index contributed by atoms with van der Waals surface area (Å²) in [7, 11) is 0. The maximum atomic E-state index is 11.6. The van der Waals surface area contributed by atoms with Gasteiger partial charge in [0.1, 0.15) is 0 Å². The van der Waals surface area contributed by atoms with Gasteiger partial charge < -0.3 is 5.32 Å². The first-order valence-electron chi connectivity index (χ1n) is 6.10. The fraction of sp³-hybridized carbons (Fsp3) is 0.643. The molecule has 2 heteroatoms. The van der Waals surface area contributed by atoms with E-state index in [1.807, 2.05) is 20.8 Å². The van der Waals surface area contributed by atoms with Crippen LogP contribution in [-0.2, 0) is 4.79 Å². The van der Waals surface area contributed by atoms with Crippen molar-refractivity contribution in [1.29, 1.82) is 0 Å². The van der Waals surface area contributed by atoms with Crippen molar-refractivity contribution in [3.63, 3.8) is 0 Å². The van der Waals surface area contributed by atoms with Gasteiger partial charge in [-0.25, -0.2) is 0 Å². The van der Waals surface area contributed by atoms with Crippen LogP contribution in [0.1, 0.15) is 40.0 Å². The first kappa shape index (κ1) is 13.0. The molecule has 1 aliphatic carbocycles. The summed E-state index contributed by atoms with van der Waals surface area (Å²) < 4.78 is 0. The van der Waals surface area contributed by atoms with Gasteiger partial charge in [-0.1, -0.05) is 45.1 Å². The molecule has 1 aliphatic rings. The Bertz CT molecular complexity index is 284. The zero-order chi connectivity index (χ0) is 12.0. The van der Waals surface area contributed by atoms with Crippen molar-refractivity contribution in [2.45, 2.75) is 40.0 Å². The van der Waals surface area contributed by atoms with E-state index in [1.165, 1.54) is 12.8 Å². The van der Waals surface area contributed by atoms with E-state index in [0.29, 0.717) is 12.5 Å². The van der Waals surface area contributed by atoms with Crippen molar-refractivity contribution >= 4 is 5.91 Å². The number of nitrogens with one attached hydrogen (secondary N) is 1. The number of hydrogen-bond acceptors (Lipinski definition) is 1. The zero-order valence-electron chi connectivity index (χ0n) is 10.6. The Morgan fingerprint density at radius 3 is 2.75 bits per heavy atom. The van der Waals surface area contributed by atoms with E-state index in [9.17, 15) is 4.79 Å². The van der Waals surface area contributed by atoms with Gasteiger partial charge in [-0.3, -0.25) is 4.79 Å². The van der Waals surface area contributed by atoms with Crippen LogP contribution in [0.5, 0.6) is 0 Å². The summed E-state index contributed by atoms with van der Waals surface area (Å²) in [5.74, 6) is 0.775. The normalized spacial score (nSPS) is 21.3. The maximum Gasteiger partial charge on any atom is 0.225 e. The molecule has 0 heterocycles. The maximum absolute atomic E-state index is 11.6. The lowest BCUT2D eigenvalue weighted by molar-refractivity contribution is -0.128. The van der Waals surface area contributed by atoms with Crippen LogP contribution in [0.2, 0.25) is 0 Å². The second-order valence-corrected chi connectivity index (χ2v) is 5.43. The van der Waals surface area contributed by atoms with Crippen molar-refractivity contribution in [1.82, 2.24) is 5.32 Å². The number of carbonyl (C=O) groups is 1. The molecule has 1 N–H and O–H groups in total. The molecule has 2 nitrogen and oxygen atoms in total. The smallest absolute Gasteiger partial charge is 0.225 e. The molecule has 0 bridgehead atoms. The minimum Gasteiger partial charge on any atom is -0.352 e. The van der Waals surface area contributed by atoms with Gasteiger partial charge in [0.25, 0.3) is 0 Å². The summed E-state index contributed by atoms with van der Waals surface area (Å²) >= 11 is 0. The van der Waals surface area contributed by atoms with Crippen LogP contribution in [0.15, 0.2) is 24.3 Å². The number of carbonyl (C=O) groups excluding carboxylic acids is 1. The Hall–Kier alpha value is -1.05. The molecular formula is C14H23NO. The third-order valence-corrected chi connectivity index (χ3v) is 2.78. The summed E-state index contributed by atoms with van der Waals surface area (Å²) in [6.07, 6.45) is 12.4. The van der Waals surface area contributed by atoms with Gasteiger partial charge in [0, 0.05) is 12.0 Å². The molecule has 1 unspecified atom stereocenters. The molecule has 0 radical (unpaired) electrons. The zero-order valence-corrected chi connectivity index (χ0v) is 10.6. The molecule has 16 heavy (non-hydrogen) atoms. The van der Waals surface area contributed by atoms with E-state index in [2.05, 4.69) is 29.6 Å². The minimum absolute atomic E-state index is 0.112. The summed E-state index contributed by atoms with van der Waals surface area (Å²) in [6.45, 7) is 6.43. The molecule has 90 valence electrons. The van der Waals surface area contributed by atoms with Gasteiger partial charge in [0.2, 0.25) is 5.91 Å². The van der Waals surface area contributed by atoms with Gasteiger partial charge >= 0.3 is 0 Å². The first-order chi connectivity index (χ1) is 7.50. The molecule has 1 atom stereocenters. The van der Waals surface area contributed by atoms with Crippen molar-refractivity contribution < 1.29 is 4.79 Å². The largest absolute Gasteiger partial charge is 0.352 e. The number of amides is 1. The average Bonchev–Trinajstić information content (AvgIpc) is 2.24. The van der Waals surface area contributed by atoms with Crippen LogP contribution in [0.25, 0.3) is 0 Å². The van der Waals surface area contributed by atoms with Crippen molar-refractivity contribution in [3.8, 4) is 0 Å². The quantitative estimate of drug-likeness (QED) is 0.729. The standard InChI is InChI=1S/C14H23NO/c1-14(2,3)13(16)15-11-7-10-12-8-5-4-6-9-12/h4-5,7,10,12H,6,8-9,11H2,1-3H3,(H,15,16)/b10-7+. The molecule has 0 spiro atoms. The number of allylic oxidation sites excluding steroid dienone is 3. The van der Waals surface area contributed by atoms with Crippen LogP contribution in [-0.4, -0.2) is 12.5 Å².